The molecule has 2 aromatic carbocycles. The van der Waals surface area contributed by atoms with E-state index in [1.807, 2.05) is 17.0 Å². The van der Waals surface area contributed by atoms with Crippen LogP contribution in [0.25, 0.3) is 0 Å². The van der Waals surface area contributed by atoms with Crippen molar-refractivity contribution in [3.63, 3.8) is 0 Å². The minimum atomic E-state index is -0.135. The molecule has 1 saturated heterocycles. The van der Waals surface area contributed by atoms with Gasteiger partial charge in [0.15, 0.2) is 0 Å². The molecule has 0 bridgehead atoms. The van der Waals surface area contributed by atoms with Crippen molar-refractivity contribution in [2.75, 3.05) is 26.2 Å². The molecule has 2 fully saturated rings. The Labute approximate surface area is 156 Å². The molecule has 1 heterocycles. The zero-order valence-corrected chi connectivity index (χ0v) is 15.6. The van der Waals surface area contributed by atoms with Crippen LogP contribution in [0.2, 0.25) is 0 Å². The van der Waals surface area contributed by atoms with E-state index in [1.165, 1.54) is 63.0 Å². The van der Waals surface area contributed by atoms with E-state index in [1.54, 1.807) is 17.0 Å². The Morgan fingerprint density at radius 3 is 2.08 bits per heavy atom. The van der Waals surface area contributed by atoms with Crippen LogP contribution in [0.5, 0.6) is 0 Å². The van der Waals surface area contributed by atoms with Gasteiger partial charge in [0.25, 0.3) is 0 Å². The third-order valence-electron chi connectivity index (χ3n) is 6.54. The van der Waals surface area contributed by atoms with Crippen LogP contribution in [0, 0.1) is 5.82 Å². The number of hydrogen-bond acceptors (Lipinski definition) is 0. The summed E-state index contributed by atoms with van der Waals surface area (Å²) in [5, 5.41) is 0. The molecular formula is C23H31FN2+2. The molecule has 1 aliphatic carbocycles. The molecule has 0 amide bonds. The van der Waals surface area contributed by atoms with Crippen molar-refractivity contribution in [1.29, 1.82) is 0 Å². The Hall–Kier alpha value is -1.71. The van der Waals surface area contributed by atoms with Crippen LogP contribution in [0.3, 0.4) is 0 Å². The summed E-state index contributed by atoms with van der Waals surface area (Å²) in [7, 11) is 0. The Kier molecular flexibility index (Phi) is 5.66. The fourth-order valence-electron chi connectivity index (χ4n) is 4.96. The van der Waals surface area contributed by atoms with Gasteiger partial charge in [-0.15, -0.1) is 0 Å². The van der Waals surface area contributed by atoms with Crippen molar-refractivity contribution in [2.45, 2.75) is 44.2 Å². The first kappa shape index (κ1) is 17.7. The van der Waals surface area contributed by atoms with Crippen LogP contribution in [0.15, 0.2) is 54.6 Å². The highest BCUT2D eigenvalue weighted by molar-refractivity contribution is 5.20. The average molecular weight is 355 g/mol. The van der Waals surface area contributed by atoms with E-state index in [-0.39, 0.29) is 5.82 Å². The Bertz CT molecular complexity index is 669. The number of nitrogens with one attached hydrogen (secondary N) is 2. The summed E-state index contributed by atoms with van der Waals surface area (Å²) in [6, 6.07) is 19.0. The Balaban J connectivity index is 1.23. The third kappa shape index (κ3) is 4.33. The van der Waals surface area contributed by atoms with Crippen LogP contribution < -0.4 is 9.80 Å². The molecule has 0 aromatic heterocycles. The van der Waals surface area contributed by atoms with Gasteiger partial charge in [-0.1, -0.05) is 42.5 Å². The molecule has 26 heavy (non-hydrogen) atoms. The molecule has 0 unspecified atom stereocenters. The lowest BCUT2D eigenvalue weighted by molar-refractivity contribution is -1.03. The molecule has 0 radical (unpaired) electrons. The molecule has 2 aliphatic rings. The van der Waals surface area contributed by atoms with Crippen molar-refractivity contribution in [2.24, 2.45) is 0 Å². The first-order valence-electron chi connectivity index (χ1n) is 10.3. The number of rotatable bonds is 4. The SMILES string of the molecule is Fc1ccc(C[NH+]2CC[NH+](C3CCC(c4ccccc4)CC3)CC2)cc1. The highest BCUT2D eigenvalue weighted by atomic mass is 19.1. The molecular weight excluding hydrogens is 323 g/mol. The topological polar surface area (TPSA) is 8.88 Å². The predicted octanol–water partition coefficient (Wildman–Crippen LogP) is 1.84. The average Bonchev–Trinajstić information content (AvgIpc) is 2.71. The van der Waals surface area contributed by atoms with Gasteiger partial charge in [0.2, 0.25) is 0 Å². The number of benzene rings is 2. The molecule has 0 atom stereocenters. The normalized spacial score (nSPS) is 29.4. The molecule has 2 nitrogen and oxygen atoms in total. The van der Waals surface area contributed by atoms with E-state index in [0.29, 0.717) is 0 Å². The van der Waals surface area contributed by atoms with Gasteiger partial charge in [-0.3, -0.25) is 0 Å². The number of quaternary nitrogens is 2. The van der Waals surface area contributed by atoms with Crippen molar-refractivity contribution < 1.29 is 14.2 Å². The third-order valence-corrected chi connectivity index (χ3v) is 6.54. The Morgan fingerprint density at radius 2 is 1.42 bits per heavy atom. The second-order valence-electron chi connectivity index (χ2n) is 8.17. The molecule has 2 aromatic rings. The first-order chi connectivity index (χ1) is 12.8. The summed E-state index contributed by atoms with van der Waals surface area (Å²) < 4.78 is 13.0. The predicted molar refractivity (Wildman–Crippen MR) is 103 cm³/mol. The highest BCUT2D eigenvalue weighted by Crippen LogP contribution is 2.31. The van der Waals surface area contributed by atoms with Crippen LogP contribution in [0.1, 0.15) is 42.7 Å². The van der Waals surface area contributed by atoms with Gasteiger partial charge in [0.1, 0.15) is 38.5 Å². The molecule has 4 rings (SSSR count). The minimum absolute atomic E-state index is 0.135. The first-order valence-corrected chi connectivity index (χ1v) is 10.3. The maximum atomic E-state index is 13.0. The fraction of sp³-hybridized carbons (Fsp3) is 0.478. The standard InChI is InChI=1S/C23H29FN2/c24-22-10-6-19(7-11-22)18-25-14-16-26(17-15-25)23-12-8-21(9-13-23)20-4-2-1-3-5-20/h1-7,10-11,21,23H,8-9,12-18H2/p+2. The lowest BCUT2D eigenvalue weighted by Crippen LogP contribution is -3.29. The van der Waals surface area contributed by atoms with Crippen molar-refractivity contribution in [3.05, 3.63) is 71.5 Å². The van der Waals surface area contributed by atoms with Gasteiger partial charge in [-0.25, -0.2) is 4.39 Å². The summed E-state index contributed by atoms with van der Waals surface area (Å²) >= 11 is 0. The minimum Gasteiger partial charge on any atom is -0.323 e. The molecule has 2 N–H and O–H groups in total. The largest absolute Gasteiger partial charge is 0.323 e. The number of piperazine rings is 1. The van der Waals surface area contributed by atoms with Gasteiger partial charge in [0, 0.05) is 5.56 Å². The summed E-state index contributed by atoms with van der Waals surface area (Å²) in [6.45, 7) is 6.10. The smallest absolute Gasteiger partial charge is 0.127 e. The number of hydrogen-bond donors (Lipinski definition) is 2. The van der Waals surface area contributed by atoms with Crippen LogP contribution >= 0.6 is 0 Å². The van der Waals surface area contributed by atoms with Crippen molar-refractivity contribution in [1.82, 2.24) is 0 Å². The monoisotopic (exact) mass is 354 g/mol. The van der Waals surface area contributed by atoms with Gasteiger partial charge in [-0.05, 0) is 49.3 Å². The second-order valence-corrected chi connectivity index (χ2v) is 8.17. The van der Waals surface area contributed by atoms with Crippen molar-refractivity contribution >= 4 is 0 Å². The summed E-state index contributed by atoms with van der Waals surface area (Å²) in [5.41, 5.74) is 2.79. The summed E-state index contributed by atoms with van der Waals surface area (Å²) in [5.74, 6) is 0.640. The zero-order chi connectivity index (χ0) is 17.8. The number of halogens is 1. The molecule has 1 aliphatic heterocycles. The van der Waals surface area contributed by atoms with Gasteiger partial charge < -0.3 is 9.80 Å². The highest BCUT2D eigenvalue weighted by Gasteiger charge is 2.33. The van der Waals surface area contributed by atoms with E-state index in [2.05, 4.69) is 30.3 Å². The second kappa shape index (κ2) is 8.32. The molecule has 138 valence electrons. The fourth-order valence-corrected chi connectivity index (χ4v) is 4.96. The van der Waals surface area contributed by atoms with Gasteiger partial charge in [-0.2, -0.15) is 0 Å². The van der Waals surface area contributed by atoms with Gasteiger partial charge in [0.05, 0.1) is 6.04 Å². The maximum absolute atomic E-state index is 13.0. The van der Waals surface area contributed by atoms with Crippen LogP contribution in [-0.4, -0.2) is 32.2 Å². The lowest BCUT2D eigenvalue weighted by Gasteiger charge is -2.38. The quantitative estimate of drug-likeness (QED) is 0.829. The van der Waals surface area contributed by atoms with Crippen molar-refractivity contribution in [3.8, 4) is 0 Å². The van der Waals surface area contributed by atoms with Crippen LogP contribution in [-0.2, 0) is 6.54 Å². The zero-order valence-electron chi connectivity index (χ0n) is 15.6. The van der Waals surface area contributed by atoms with Gasteiger partial charge >= 0.3 is 0 Å². The van der Waals surface area contributed by atoms with E-state index < -0.39 is 0 Å². The van der Waals surface area contributed by atoms with E-state index in [9.17, 15) is 4.39 Å². The van der Waals surface area contributed by atoms with E-state index in [0.717, 1.165) is 18.5 Å². The van der Waals surface area contributed by atoms with E-state index in [4.69, 9.17) is 0 Å². The summed E-state index contributed by atoms with van der Waals surface area (Å²) in [6.07, 6.45) is 5.46. The maximum Gasteiger partial charge on any atom is 0.127 e. The Morgan fingerprint density at radius 1 is 0.769 bits per heavy atom. The molecule has 1 saturated carbocycles. The molecule has 0 spiro atoms. The lowest BCUT2D eigenvalue weighted by atomic mass is 9.81. The van der Waals surface area contributed by atoms with Crippen LogP contribution in [0.4, 0.5) is 4.39 Å². The molecule has 3 heteroatoms. The summed E-state index contributed by atoms with van der Waals surface area (Å²) in [4.78, 5) is 3.48. The van der Waals surface area contributed by atoms with E-state index >= 15 is 0 Å².